The van der Waals surface area contributed by atoms with Crippen LogP contribution in [0.15, 0.2) is 34.9 Å². The topological polar surface area (TPSA) is 46.4 Å². The van der Waals surface area contributed by atoms with Crippen LogP contribution in [0.3, 0.4) is 0 Å². The van der Waals surface area contributed by atoms with E-state index in [0.29, 0.717) is 6.04 Å². The average Bonchev–Trinajstić information content (AvgIpc) is 2.84. The molecule has 0 aliphatic carbocycles. The SMILES string of the molecule is c1ccc2c(CNCC3COCCN3)coc2c1. The molecule has 1 unspecified atom stereocenters. The third-order valence-corrected chi connectivity index (χ3v) is 3.27. The van der Waals surface area contributed by atoms with Crippen LogP contribution in [0, 0.1) is 0 Å². The number of fused-ring (bicyclic) bond motifs is 1. The standard InChI is InChI=1S/C14H18N2O2/c1-2-4-14-13(3-1)11(9-18-14)7-15-8-12-10-17-6-5-16-12/h1-4,9,12,15-16H,5-8,10H2. The van der Waals surface area contributed by atoms with E-state index in [2.05, 4.69) is 16.7 Å². The van der Waals surface area contributed by atoms with Crippen molar-refractivity contribution >= 4 is 11.0 Å². The predicted molar refractivity (Wildman–Crippen MR) is 70.5 cm³/mol. The monoisotopic (exact) mass is 246 g/mol. The minimum atomic E-state index is 0.414. The number of furan rings is 1. The Balaban J connectivity index is 1.56. The Kier molecular flexibility index (Phi) is 3.59. The second-order valence-electron chi connectivity index (χ2n) is 4.61. The fourth-order valence-electron chi connectivity index (χ4n) is 2.30. The molecule has 1 aromatic carbocycles. The van der Waals surface area contributed by atoms with E-state index in [9.17, 15) is 0 Å². The number of hydrogen-bond donors (Lipinski definition) is 2. The molecule has 2 N–H and O–H groups in total. The Morgan fingerprint density at radius 3 is 3.17 bits per heavy atom. The number of para-hydroxylation sites is 1. The second-order valence-corrected chi connectivity index (χ2v) is 4.61. The molecule has 0 bridgehead atoms. The summed E-state index contributed by atoms with van der Waals surface area (Å²) in [7, 11) is 0. The zero-order valence-corrected chi connectivity index (χ0v) is 10.3. The molecule has 0 saturated carbocycles. The maximum absolute atomic E-state index is 5.51. The summed E-state index contributed by atoms with van der Waals surface area (Å²) in [6.07, 6.45) is 1.84. The molecule has 96 valence electrons. The number of hydrogen-bond acceptors (Lipinski definition) is 4. The van der Waals surface area contributed by atoms with E-state index in [1.807, 2.05) is 24.5 Å². The van der Waals surface area contributed by atoms with E-state index in [-0.39, 0.29) is 0 Å². The van der Waals surface area contributed by atoms with Crippen LogP contribution in [0.25, 0.3) is 11.0 Å². The maximum atomic E-state index is 5.51. The second kappa shape index (κ2) is 5.52. The summed E-state index contributed by atoms with van der Waals surface area (Å²) < 4.78 is 10.9. The van der Waals surface area contributed by atoms with Gasteiger partial charge < -0.3 is 19.8 Å². The van der Waals surface area contributed by atoms with Crippen LogP contribution < -0.4 is 10.6 Å². The van der Waals surface area contributed by atoms with Crippen molar-refractivity contribution in [1.29, 1.82) is 0 Å². The molecular weight excluding hydrogens is 228 g/mol. The Labute approximate surface area is 106 Å². The fraction of sp³-hybridized carbons (Fsp3) is 0.429. The molecule has 2 heterocycles. The van der Waals surface area contributed by atoms with Crippen molar-refractivity contribution in [1.82, 2.24) is 10.6 Å². The molecule has 0 amide bonds. The van der Waals surface area contributed by atoms with Gasteiger partial charge in [-0.3, -0.25) is 0 Å². The normalized spacial score (nSPS) is 20.3. The molecule has 1 aliphatic heterocycles. The summed E-state index contributed by atoms with van der Waals surface area (Å²) in [6, 6.07) is 8.54. The molecule has 4 nitrogen and oxygen atoms in total. The van der Waals surface area contributed by atoms with Crippen LogP contribution in [-0.4, -0.2) is 32.3 Å². The molecule has 4 heteroatoms. The highest BCUT2D eigenvalue weighted by atomic mass is 16.5. The van der Waals surface area contributed by atoms with Crippen molar-refractivity contribution in [3.63, 3.8) is 0 Å². The number of benzene rings is 1. The van der Waals surface area contributed by atoms with Crippen molar-refractivity contribution in [2.75, 3.05) is 26.3 Å². The first-order valence-electron chi connectivity index (χ1n) is 6.40. The molecule has 1 fully saturated rings. The van der Waals surface area contributed by atoms with Crippen molar-refractivity contribution in [2.45, 2.75) is 12.6 Å². The van der Waals surface area contributed by atoms with Crippen LogP contribution in [0.2, 0.25) is 0 Å². The third kappa shape index (κ3) is 2.56. The van der Waals surface area contributed by atoms with Crippen molar-refractivity contribution < 1.29 is 9.15 Å². The molecule has 0 radical (unpaired) electrons. The lowest BCUT2D eigenvalue weighted by molar-refractivity contribution is 0.0766. The van der Waals surface area contributed by atoms with Gasteiger partial charge in [0.15, 0.2) is 0 Å². The molecule has 1 atom stereocenters. The Morgan fingerprint density at radius 2 is 2.28 bits per heavy atom. The summed E-state index contributed by atoms with van der Waals surface area (Å²) in [4.78, 5) is 0. The molecule has 18 heavy (non-hydrogen) atoms. The highest BCUT2D eigenvalue weighted by Gasteiger charge is 2.12. The Bertz CT molecular complexity index is 503. The van der Waals surface area contributed by atoms with E-state index in [1.165, 1.54) is 10.9 Å². The number of morpholine rings is 1. The predicted octanol–water partition coefficient (Wildman–Crippen LogP) is 1.51. The van der Waals surface area contributed by atoms with Crippen LogP contribution in [0.1, 0.15) is 5.56 Å². The van der Waals surface area contributed by atoms with Crippen molar-refractivity contribution in [3.8, 4) is 0 Å². The number of ether oxygens (including phenoxy) is 1. The number of rotatable bonds is 4. The minimum absolute atomic E-state index is 0.414. The Hall–Kier alpha value is -1.36. The lowest BCUT2D eigenvalue weighted by atomic mass is 10.2. The van der Waals surface area contributed by atoms with Crippen molar-refractivity contribution in [3.05, 3.63) is 36.1 Å². The maximum Gasteiger partial charge on any atom is 0.134 e. The summed E-state index contributed by atoms with van der Waals surface area (Å²) in [5.74, 6) is 0. The summed E-state index contributed by atoms with van der Waals surface area (Å²) in [5, 5.41) is 8.07. The molecule has 1 saturated heterocycles. The van der Waals surface area contributed by atoms with Gasteiger partial charge in [-0.1, -0.05) is 18.2 Å². The van der Waals surface area contributed by atoms with Crippen LogP contribution in [0.4, 0.5) is 0 Å². The van der Waals surface area contributed by atoms with Gasteiger partial charge in [-0.15, -0.1) is 0 Å². The lowest BCUT2D eigenvalue weighted by Gasteiger charge is -2.23. The van der Waals surface area contributed by atoms with Gasteiger partial charge in [-0.2, -0.15) is 0 Å². The van der Waals surface area contributed by atoms with Gasteiger partial charge in [0.2, 0.25) is 0 Å². The highest BCUT2D eigenvalue weighted by molar-refractivity contribution is 5.80. The minimum Gasteiger partial charge on any atom is -0.464 e. The van der Waals surface area contributed by atoms with E-state index in [4.69, 9.17) is 9.15 Å². The third-order valence-electron chi connectivity index (χ3n) is 3.27. The molecule has 1 aliphatic rings. The van der Waals surface area contributed by atoms with Gasteiger partial charge in [-0.05, 0) is 6.07 Å². The van der Waals surface area contributed by atoms with Gasteiger partial charge in [0.05, 0.1) is 19.5 Å². The van der Waals surface area contributed by atoms with E-state index in [0.717, 1.165) is 38.4 Å². The summed E-state index contributed by atoms with van der Waals surface area (Å²) in [5.41, 5.74) is 2.16. The first kappa shape index (κ1) is 11.7. The first-order valence-corrected chi connectivity index (χ1v) is 6.40. The molecular formula is C14H18N2O2. The zero-order valence-electron chi connectivity index (χ0n) is 10.3. The molecule has 0 spiro atoms. The van der Waals surface area contributed by atoms with Crippen LogP contribution in [0.5, 0.6) is 0 Å². The summed E-state index contributed by atoms with van der Waals surface area (Å²) >= 11 is 0. The highest BCUT2D eigenvalue weighted by Crippen LogP contribution is 2.20. The van der Waals surface area contributed by atoms with Crippen LogP contribution >= 0.6 is 0 Å². The fourth-order valence-corrected chi connectivity index (χ4v) is 2.30. The van der Waals surface area contributed by atoms with E-state index < -0.39 is 0 Å². The summed E-state index contributed by atoms with van der Waals surface area (Å²) in [6.45, 7) is 4.30. The lowest BCUT2D eigenvalue weighted by Crippen LogP contribution is -2.47. The molecule has 3 rings (SSSR count). The smallest absolute Gasteiger partial charge is 0.134 e. The van der Waals surface area contributed by atoms with Gasteiger partial charge >= 0.3 is 0 Å². The average molecular weight is 246 g/mol. The van der Waals surface area contributed by atoms with E-state index >= 15 is 0 Å². The quantitative estimate of drug-likeness (QED) is 0.858. The number of nitrogens with one attached hydrogen (secondary N) is 2. The van der Waals surface area contributed by atoms with Crippen LogP contribution in [-0.2, 0) is 11.3 Å². The largest absolute Gasteiger partial charge is 0.464 e. The Morgan fingerprint density at radius 1 is 1.33 bits per heavy atom. The van der Waals surface area contributed by atoms with Gasteiger partial charge in [0, 0.05) is 36.6 Å². The van der Waals surface area contributed by atoms with E-state index in [1.54, 1.807) is 0 Å². The molecule has 1 aromatic heterocycles. The zero-order chi connectivity index (χ0) is 12.2. The first-order chi connectivity index (χ1) is 8.93. The van der Waals surface area contributed by atoms with Gasteiger partial charge in [0.1, 0.15) is 5.58 Å². The molecule has 2 aromatic rings. The van der Waals surface area contributed by atoms with Gasteiger partial charge in [-0.25, -0.2) is 0 Å². The van der Waals surface area contributed by atoms with Gasteiger partial charge in [0.25, 0.3) is 0 Å². The van der Waals surface area contributed by atoms with Crippen molar-refractivity contribution in [2.24, 2.45) is 0 Å².